The monoisotopic (exact) mass is 605 g/mol. The van der Waals surface area contributed by atoms with E-state index < -0.39 is 23.2 Å². The van der Waals surface area contributed by atoms with E-state index in [2.05, 4.69) is 16.3 Å². The standard InChI is InChI=1S/C30H36FN9O2S/c1-29(2,41)15-39(4)27-18-12-34-40(20-14-38(3)13-19(20)31)28(18)36-26(35-27)23-16-7-5-9-30(24(16)42-37-23)10-6-8-21-22(30)17(11-32)25(33)43-21/h12,19-20,41H,5-10,13-15,33H2,1-4H3/t19-,20+,30-/m0/s1. The van der Waals surface area contributed by atoms with Crippen molar-refractivity contribution < 1.29 is 14.0 Å². The van der Waals surface area contributed by atoms with Crippen LogP contribution in [0.3, 0.4) is 0 Å². The molecule has 4 aromatic rings. The number of aryl methyl sites for hydroxylation is 1. The molecule has 0 saturated carbocycles. The molecule has 7 rings (SSSR count). The molecule has 3 atom stereocenters. The number of likely N-dealkylation sites (N-methyl/N-ethyl adjacent to an activating group) is 2. The Kier molecular flexibility index (Phi) is 6.54. The Balaban J connectivity index is 1.41. The maximum Gasteiger partial charge on any atom is 0.186 e. The number of aliphatic hydroxyl groups is 1. The minimum atomic E-state index is -1.09. The van der Waals surface area contributed by atoms with Gasteiger partial charge in [0.15, 0.2) is 22.9 Å². The lowest BCUT2D eigenvalue weighted by Gasteiger charge is -2.39. The Labute approximate surface area is 253 Å². The van der Waals surface area contributed by atoms with Crippen molar-refractivity contribution in [3.8, 4) is 17.6 Å². The smallest absolute Gasteiger partial charge is 0.186 e. The molecule has 0 radical (unpaired) electrons. The number of halogens is 1. The minimum Gasteiger partial charge on any atom is -0.389 e. The maximum atomic E-state index is 15.1. The molecule has 43 heavy (non-hydrogen) atoms. The van der Waals surface area contributed by atoms with Crippen LogP contribution in [0.1, 0.15) is 72.9 Å². The van der Waals surface area contributed by atoms with E-state index in [1.807, 2.05) is 23.9 Å². The Morgan fingerprint density at radius 1 is 1.28 bits per heavy atom. The van der Waals surface area contributed by atoms with E-state index in [-0.39, 0.29) is 0 Å². The quantitative estimate of drug-likeness (QED) is 0.342. The summed E-state index contributed by atoms with van der Waals surface area (Å²) in [6.45, 7) is 4.63. The average molecular weight is 606 g/mol. The van der Waals surface area contributed by atoms with Gasteiger partial charge in [-0.3, -0.25) is 0 Å². The van der Waals surface area contributed by atoms with Crippen LogP contribution in [0.5, 0.6) is 0 Å². The van der Waals surface area contributed by atoms with Gasteiger partial charge in [0.25, 0.3) is 0 Å². The number of thiophene rings is 1. The second-order valence-corrected chi connectivity index (χ2v) is 14.2. The number of nitrogens with zero attached hydrogens (tertiary/aromatic N) is 8. The van der Waals surface area contributed by atoms with Crippen LogP contribution in [0.25, 0.3) is 22.6 Å². The fourth-order valence-electron chi connectivity index (χ4n) is 7.58. The molecule has 11 nitrogen and oxygen atoms in total. The number of fused-ring (bicyclic) bond motifs is 5. The van der Waals surface area contributed by atoms with Gasteiger partial charge in [0.2, 0.25) is 0 Å². The van der Waals surface area contributed by atoms with Crippen molar-refractivity contribution in [2.75, 3.05) is 44.4 Å². The molecule has 1 fully saturated rings. The third-order valence-electron chi connectivity index (χ3n) is 9.21. The molecule has 0 unspecified atom stereocenters. The molecular weight excluding hydrogens is 569 g/mol. The molecule has 3 aliphatic rings. The molecular formula is C30H36FN9O2S. The molecule has 0 bridgehead atoms. The van der Waals surface area contributed by atoms with Gasteiger partial charge in [-0.1, -0.05) is 5.16 Å². The molecule has 2 aliphatic carbocycles. The number of hydrogen-bond acceptors (Lipinski definition) is 11. The van der Waals surface area contributed by atoms with Gasteiger partial charge in [-0.25, -0.2) is 19.0 Å². The van der Waals surface area contributed by atoms with Gasteiger partial charge in [-0.15, -0.1) is 11.3 Å². The summed E-state index contributed by atoms with van der Waals surface area (Å²) < 4.78 is 23.0. The zero-order chi connectivity index (χ0) is 30.3. The van der Waals surface area contributed by atoms with Crippen LogP contribution >= 0.6 is 11.3 Å². The lowest BCUT2D eigenvalue weighted by Crippen LogP contribution is -2.36. The largest absolute Gasteiger partial charge is 0.389 e. The predicted octanol–water partition coefficient (Wildman–Crippen LogP) is 3.99. The summed E-state index contributed by atoms with van der Waals surface area (Å²) in [5, 5.41) is 31.1. The lowest BCUT2D eigenvalue weighted by molar-refractivity contribution is 0.0885. The summed E-state index contributed by atoms with van der Waals surface area (Å²) in [5.41, 5.74) is 8.45. The minimum absolute atomic E-state index is 0.307. The summed E-state index contributed by atoms with van der Waals surface area (Å²) >= 11 is 1.51. The molecule has 3 N–H and O–H groups in total. The number of aromatic nitrogens is 5. The topological polar surface area (TPSA) is 146 Å². The third-order valence-corrected chi connectivity index (χ3v) is 10.3. The Morgan fingerprint density at radius 2 is 2.05 bits per heavy atom. The molecule has 0 amide bonds. The van der Waals surface area contributed by atoms with Crippen LogP contribution in [-0.4, -0.2) is 80.4 Å². The average Bonchev–Trinajstić information content (AvgIpc) is 3.71. The van der Waals surface area contributed by atoms with Crippen LogP contribution in [0.15, 0.2) is 10.7 Å². The van der Waals surface area contributed by atoms with Crippen LogP contribution < -0.4 is 10.6 Å². The van der Waals surface area contributed by atoms with Crippen molar-refractivity contribution in [2.24, 2.45) is 0 Å². The maximum absolute atomic E-state index is 15.1. The summed E-state index contributed by atoms with van der Waals surface area (Å²) in [5.74, 6) is 1.72. The highest BCUT2D eigenvalue weighted by Crippen LogP contribution is 2.55. The number of nitrogens with two attached hydrogens (primary N) is 1. The number of likely N-dealkylation sites (tertiary alicyclic amines) is 1. The Morgan fingerprint density at radius 3 is 2.74 bits per heavy atom. The Bertz CT molecular complexity index is 1760. The summed E-state index contributed by atoms with van der Waals surface area (Å²) in [6, 6.07) is 1.88. The number of nitrogen functional groups attached to an aromatic ring is 1. The molecule has 1 spiro atoms. The number of rotatable bonds is 5. The van der Waals surface area contributed by atoms with Gasteiger partial charge in [-0.05, 0) is 65.0 Å². The number of alkyl halides is 1. The van der Waals surface area contributed by atoms with Gasteiger partial charge in [0.1, 0.15) is 23.1 Å². The highest BCUT2D eigenvalue weighted by atomic mass is 32.1. The van der Waals surface area contributed by atoms with Crippen molar-refractivity contribution in [2.45, 2.75) is 75.6 Å². The normalized spacial score (nSPS) is 23.9. The first kappa shape index (κ1) is 28.2. The molecule has 4 aromatic heterocycles. The fourth-order valence-corrected chi connectivity index (χ4v) is 8.74. The van der Waals surface area contributed by atoms with Crippen molar-refractivity contribution in [1.82, 2.24) is 29.8 Å². The highest BCUT2D eigenvalue weighted by molar-refractivity contribution is 7.16. The van der Waals surface area contributed by atoms with Crippen LogP contribution in [0.2, 0.25) is 0 Å². The molecule has 1 aliphatic heterocycles. The van der Waals surface area contributed by atoms with Crippen molar-refractivity contribution in [3.63, 3.8) is 0 Å². The van der Waals surface area contributed by atoms with Crippen molar-refractivity contribution >= 4 is 33.2 Å². The molecule has 0 aromatic carbocycles. The van der Waals surface area contributed by atoms with Crippen molar-refractivity contribution in [1.29, 1.82) is 5.26 Å². The SMILES string of the molecule is CN1C[C@@H](n2ncc3c(N(C)CC(C)(C)O)nc(-c4noc5c4CCC[C@@]54CCCc5sc(N)c(C#N)c54)nc32)[C@@H](F)C1. The molecule has 226 valence electrons. The van der Waals surface area contributed by atoms with E-state index in [9.17, 15) is 10.4 Å². The molecule has 13 heteroatoms. The molecule has 5 heterocycles. The van der Waals surface area contributed by atoms with E-state index in [1.165, 1.54) is 11.3 Å². The fraction of sp³-hybridized carbons (Fsp3) is 0.567. The number of nitriles is 1. The first-order valence-electron chi connectivity index (χ1n) is 14.8. The van der Waals surface area contributed by atoms with Crippen LogP contribution in [0, 0.1) is 11.3 Å². The second-order valence-electron chi connectivity index (χ2n) is 13.0. The van der Waals surface area contributed by atoms with E-state index in [0.29, 0.717) is 58.6 Å². The summed E-state index contributed by atoms with van der Waals surface area (Å²) in [6.07, 6.45) is 5.81. The predicted molar refractivity (Wildman–Crippen MR) is 162 cm³/mol. The number of anilines is 2. The van der Waals surface area contributed by atoms with Gasteiger partial charge < -0.3 is 25.2 Å². The molecule has 1 saturated heterocycles. The number of hydrogen-bond donors (Lipinski definition) is 2. The van der Waals surface area contributed by atoms with Crippen LogP contribution in [0.4, 0.5) is 15.2 Å². The first-order chi connectivity index (χ1) is 20.5. The second kappa shape index (κ2) is 9.97. The zero-order valence-corrected chi connectivity index (χ0v) is 25.7. The summed E-state index contributed by atoms with van der Waals surface area (Å²) in [4.78, 5) is 14.9. The van der Waals surface area contributed by atoms with Gasteiger partial charge in [0, 0.05) is 37.1 Å². The zero-order valence-electron chi connectivity index (χ0n) is 24.9. The highest BCUT2D eigenvalue weighted by Gasteiger charge is 2.49. The van der Waals surface area contributed by atoms with E-state index in [1.54, 1.807) is 24.7 Å². The van der Waals surface area contributed by atoms with E-state index >= 15 is 4.39 Å². The van der Waals surface area contributed by atoms with Gasteiger partial charge >= 0.3 is 0 Å². The van der Waals surface area contributed by atoms with Gasteiger partial charge in [-0.2, -0.15) is 10.4 Å². The van der Waals surface area contributed by atoms with Crippen molar-refractivity contribution in [3.05, 3.63) is 33.5 Å². The van der Waals surface area contributed by atoms with Crippen LogP contribution in [-0.2, 0) is 18.3 Å². The van der Waals surface area contributed by atoms with E-state index in [0.717, 1.165) is 60.3 Å². The van der Waals surface area contributed by atoms with E-state index in [4.69, 9.17) is 20.2 Å². The third kappa shape index (κ3) is 4.41. The summed E-state index contributed by atoms with van der Waals surface area (Å²) in [7, 11) is 3.76. The lowest BCUT2D eigenvalue weighted by atomic mass is 9.63. The Hall–Kier alpha value is -3.60. The van der Waals surface area contributed by atoms with Gasteiger partial charge in [0.05, 0.1) is 34.2 Å². The first-order valence-corrected chi connectivity index (χ1v) is 15.6.